The number of aliphatic hydroxyl groups is 1. The minimum absolute atomic E-state index is 0.169. The summed E-state index contributed by atoms with van der Waals surface area (Å²) in [6.07, 6.45) is -7.77. The number of alkyl halides is 3. The molecule has 0 aliphatic carbocycles. The lowest BCUT2D eigenvalue weighted by Crippen LogP contribution is -2.50. The average Bonchev–Trinajstić information content (AvgIpc) is 2.31. The molecule has 0 heterocycles. The number of rotatable bonds is 3. The van der Waals surface area contributed by atoms with Gasteiger partial charge in [0.05, 0.1) is 10.7 Å². The van der Waals surface area contributed by atoms with Gasteiger partial charge in [-0.2, -0.15) is 13.2 Å². The van der Waals surface area contributed by atoms with Gasteiger partial charge in [0.25, 0.3) is 0 Å². The molecule has 0 aliphatic heterocycles. The van der Waals surface area contributed by atoms with Gasteiger partial charge in [-0.25, -0.2) is 4.79 Å². The first-order valence-electron chi connectivity index (χ1n) is 5.34. The first kappa shape index (κ1) is 15.6. The Morgan fingerprint density at radius 2 is 2.05 bits per heavy atom. The fraction of sp³-hybridized carbons (Fsp3) is 0.364. The van der Waals surface area contributed by atoms with Crippen LogP contribution < -0.4 is 5.32 Å². The number of nitrogens with zero attached hydrogens (tertiary/aromatic N) is 1. The second kappa shape index (κ2) is 6.12. The van der Waals surface area contributed by atoms with Crippen molar-refractivity contribution in [1.82, 2.24) is 4.90 Å². The highest BCUT2D eigenvalue weighted by Gasteiger charge is 2.44. The molecule has 1 aromatic rings. The van der Waals surface area contributed by atoms with E-state index in [0.717, 1.165) is 0 Å². The molecule has 2 N–H and O–H groups in total. The lowest BCUT2D eigenvalue weighted by molar-refractivity contribution is -0.238. The summed E-state index contributed by atoms with van der Waals surface area (Å²) in [7, 11) is 0. The first-order chi connectivity index (χ1) is 8.77. The summed E-state index contributed by atoms with van der Waals surface area (Å²) in [5.74, 6) is 0. The van der Waals surface area contributed by atoms with Crippen molar-refractivity contribution in [3.63, 3.8) is 0 Å². The van der Waals surface area contributed by atoms with Crippen LogP contribution in [-0.4, -0.2) is 35.0 Å². The summed E-state index contributed by atoms with van der Waals surface area (Å²) < 4.78 is 37.1. The van der Waals surface area contributed by atoms with Crippen molar-refractivity contribution in [2.75, 3.05) is 11.9 Å². The van der Waals surface area contributed by atoms with E-state index in [0.29, 0.717) is 0 Å². The van der Waals surface area contributed by atoms with Crippen LogP contribution in [0.4, 0.5) is 23.7 Å². The topological polar surface area (TPSA) is 52.6 Å². The summed E-state index contributed by atoms with van der Waals surface area (Å²) in [6, 6.07) is 5.01. The number of aliphatic hydroxyl groups excluding tert-OH is 1. The standard InChI is InChI=1S/C11H12ClF3N2O2/c1-2-17(9(18)11(13,14)15)10(19)16-8-6-4-3-5-7(8)12/h3-6,9,18H,2H2,1H3,(H,16,19). The van der Waals surface area contributed by atoms with E-state index in [4.69, 9.17) is 16.7 Å². The van der Waals surface area contributed by atoms with Crippen LogP contribution in [0.1, 0.15) is 6.92 Å². The Morgan fingerprint density at radius 1 is 1.47 bits per heavy atom. The molecule has 1 rings (SSSR count). The summed E-state index contributed by atoms with van der Waals surface area (Å²) in [6.45, 7) is 1.01. The largest absolute Gasteiger partial charge is 0.433 e. The van der Waals surface area contributed by atoms with Crippen LogP contribution in [0.15, 0.2) is 24.3 Å². The van der Waals surface area contributed by atoms with Crippen LogP contribution >= 0.6 is 11.6 Å². The zero-order valence-corrected chi connectivity index (χ0v) is 10.7. The molecule has 0 aliphatic rings. The highest BCUT2D eigenvalue weighted by Crippen LogP contribution is 2.25. The maximum absolute atomic E-state index is 12.4. The van der Waals surface area contributed by atoms with Crippen molar-refractivity contribution in [1.29, 1.82) is 0 Å². The Hall–Kier alpha value is -1.47. The summed E-state index contributed by atoms with van der Waals surface area (Å²) in [5, 5.41) is 11.5. The smallest absolute Gasteiger partial charge is 0.366 e. The predicted octanol–water partition coefficient (Wildman–Crippen LogP) is 3.07. The number of anilines is 1. The SMILES string of the molecule is CCN(C(=O)Nc1ccccc1Cl)C(O)C(F)(F)F. The predicted molar refractivity (Wildman–Crippen MR) is 64.9 cm³/mol. The second-order valence-corrected chi connectivity index (χ2v) is 4.02. The van der Waals surface area contributed by atoms with Crippen LogP contribution in [0.25, 0.3) is 0 Å². The molecule has 1 atom stereocenters. The van der Waals surface area contributed by atoms with E-state index >= 15 is 0 Å². The molecule has 0 aromatic heterocycles. The van der Waals surface area contributed by atoms with Gasteiger partial charge in [-0.05, 0) is 19.1 Å². The van der Waals surface area contributed by atoms with Crippen molar-refractivity contribution >= 4 is 23.3 Å². The van der Waals surface area contributed by atoms with Crippen LogP contribution in [0.5, 0.6) is 0 Å². The van der Waals surface area contributed by atoms with Gasteiger partial charge in [0.15, 0.2) is 0 Å². The van der Waals surface area contributed by atoms with Gasteiger partial charge < -0.3 is 10.4 Å². The van der Waals surface area contributed by atoms with Crippen LogP contribution in [-0.2, 0) is 0 Å². The van der Waals surface area contributed by atoms with Gasteiger partial charge in [-0.1, -0.05) is 23.7 Å². The molecule has 0 spiro atoms. The number of carbonyl (C=O) groups excluding carboxylic acids is 1. The third-order valence-electron chi connectivity index (χ3n) is 2.30. The van der Waals surface area contributed by atoms with E-state index in [1.165, 1.54) is 19.1 Å². The second-order valence-electron chi connectivity index (χ2n) is 3.61. The van der Waals surface area contributed by atoms with Crippen molar-refractivity contribution < 1.29 is 23.1 Å². The molecule has 0 bridgehead atoms. The van der Waals surface area contributed by atoms with E-state index in [-0.39, 0.29) is 22.2 Å². The zero-order chi connectivity index (χ0) is 14.6. The normalized spacial score (nSPS) is 12.9. The zero-order valence-electron chi connectivity index (χ0n) is 9.91. The molecule has 0 saturated carbocycles. The Balaban J connectivity index is 2.84. The first-order valence-corrected chi connectivity index (χ1v) is 5.72. The molecule has 2 amide bonds. The van der Waals surface area contributed by atoms with Crippen molar-refractivity contribution in [2.45, 2.75) is 19.3 Å². The van der Waals surface area contributed by atoms with E-state index in [1.807, 2.05) is 0 Å². The molecule has 8 heteroatoms. The maximum Gasteiger partial charge on any atom is 0.433 e. The number of benzene rings is 1. The molecule has 0 radical (unpaired) electrons. The number of halogens is 4. The maximum atomic E-state index is 12.4. The molecule has 1 aromatic carbocycles. The molecule has 0 fully saturated rings. The Labute approximate surface area is 112 Å². The van der Waals surface area contributed by atoms with Gasteiger partial charge in [0.1, 0.15) is 0 Å². The lowest BCUT2D eigenvalue weighted by atomic mass is 10.3. The Morgan fingerprint density at radius 3 is 2.53 bits per heavy atom. The van der Waals surface area contributed by atoms with Gasteiger partial charge in [0, 0.05) is 6.54 Å². The fourth-order valence-corrected chi connectivity index (χ4v) is 1.54. The average molecular weight is 297 g/mol. The van der Waals surface area contributed by atoms with E-state index in [1.54, 1.807) is 12.1 Å². The van der Waals surface area contributed by atoms with Crippen LogP contribution in [0.2, 0.25) is 5.02 Å². The molecule has 1 unspecified atom stereocenters. The highest BCUT2D eigenvalue weighted by molar-refractivity contribution is 6.33. The van der Waals surface area contributed by atoms with Crippen molar-refractivity contribution in [3.8, 4) is 0 Å². The van der Waals surface area contributed by atoms with Crippen molar-refractivity contribution in [3.05, 3.63) is 29.3 Å². The van der Waals surface area contributed by atoms with Crippen molar-refractivity contribution in [2.24, 2.45) is 0 Å². The monoisotopic (exact) mass is 296 g/mol. The van der Waals surface area contributed by atoms with E-state index in [9.17, 15) is 18.0 Å². The Bertz CT molecular complexity index is 454. The van der Waals surface area contributed by atoms with Gasteiger partial charge in [-0.3, -0.25) is 4.90 Å². The van der Waals surface area contributed by atoms with Crippen LogP contribution in [0, 0.1) is 0 Å². The minimum atomic E-state index is -4.91. The van der Waals surface area contributed by atoms with Gasteiger partial charge >= 0.3 is 12.2 Å². The highest BCUT2D eigenvalue weighted by atomic mass is 35.5. The number of nitrogens with one attached hydrogen (secondary N) is 1. The number of para-hydroxylation sites is 1. The minimum Gasteiger partial charge on any atom is -0.366 e. The summed E-state index contributed by atoms with van der Waals surface area (Å²) in [5.41, 5.74) is 0.169. The number of carbonyl (C=O) groups is 1. The molecular weight excluding hydrogens is 285 g/mol. The molecule has 0 saturated heterocycles. The van der Waals surface area contributed by atoms with Crippen LogP contribution in [0.3, 0.4) is 0 Å². The lowest BCUT2D eigenvalue weighted by Gasteiger charge is -2.28. The number of hydrogen-bond donors (Lipinski definition) is 2. The quantitative estimate of drug-likeness (QED) is 0.842. The Kier molecular flexibility index (Phi) is 5.02. The van der Waals surface area contributed by atoms with E-state index in [2.05, 4.69) is 5.32 Å². The third kappa shape index (κ3) is 4.00. The van der Waals surface area contributed by atoms with Gasteiger partial charge in [-0.15, -0.1) is 0 Å². The molecular formula is C11H12ClF3N2O2. The molecule has 106 valence electrons. The number of hydrogen-bond acceptors (Lipinski definition) is 2. The fourth-order valence-electron chi connectivity index (χ4n) is 1.35. The van der Waals surface area contributed by atoms with Gasteiger partial charge in [0.2, 0.25) is 6.23 Å². The molecule has 19 heavy (non-hydrogen) atoms. The summed E-state index contributed by atoms with van der Waals surface area (Å²) >= 11 is 5.77. The third-order valence-corrected chi connectivity index (χ3v) is 2.63. The number of amides is 2. The molecule has 4 nitrogen and oxygen atoms in total. The summed E-state index contributed by atoms with van der Waals surface area (Å²) in [4.78, 5) is 11.9. The van der Waals surface area contributed by atoms with E-state index < -0.39 is 18.4 Å². The number of urea groups is 1.